The second kappa shape index (κ2) is 8.92. The van der Waals surface area contributed by atoms with Crippen LogP contribution in [0.15, 0.2) is 18.2 Å². The van der Waals surface area contributed by atoms with Crippen LogP contribution in [0.4, 0.5) is 0 Å². The molecule has 0 aromatic heterocycles. The molecule has 0 spiro atoms. The molecule has 0 atom stereocenters. The van der Waals surface area contributed by atoms with Gasteiger partial charge in [-0.1, -0.05) is 0 Å². The average molecular weight is 308 g/mol. The fourth-order valence-corrected chi connectivity index (χ4v) is 1.97. The van der Waals surface area contributed by atoms with E-state index in [0.29, 0.717) is 17.9 Å². The van der Waals surface area contributed by atoms with Crippen molar-refractivity contribution >= 4 is 11.8 Å². The SMILES string of the molecule is COc1ccc(OC)c(CCC(=O)NCC(=O)NC(C)C)c1. The quantitative estimate of drug-likeness (QED) is 0.758. The fourth-order valence-electron chi connectivity index (χ4n) is 1.97. The van der Waals surface area contributed by atoms with Crippen LogP contribution in [0.3, 0.4) is 0 Å². The van der Waals surface area contributed by atoms with Crippen LogP contribution in [0.5, 0.6) is 11.5 Å². The van der Waals surface area contributed by atoms with Crippen molar-refractivity contribution in [1.82, 2.24) is 10.6 Å². The molecular formula is C16H24N2O4. The number of benzene rings is 1. The summed E-state index contributed by atoms with van der Waals surface area (Å²) in [7, 11) is 3.17. The number of hydrogen-bond acceptors (Lipinski definition) is 4. The van der Waals surface area contributed by atoms with E-state index in [4.69, 9.17) is 9.47 Å². The van der Waals surface area contributed by atoms with Gasteiger partial charge in [-0.15, -0.1) is 0 Å². The predicted octanol–water partition coefficient (Wildman–Crippen LogP) is 1.28. The fraction of sp³-hybridized carbons (Fsp3) is 0.500. The Balaban J connectivity index is 2.48. The number of ether oxygens (including phenoxy) is 2. The van der Waals surface area contributed by atoms with Gasteiger partial charge < -0.3 is 20.1 Å². The van der Waals surface area contributed by atoms with Crippen LogP contribution < -0.4 is 20.1 Å². The monoisotopic (exact) mass is 308 g/mol. The molecule has 0 heterocycles. The minimum absolute atomic E-state index is 0.00768. The van der Waals surface area contributed by atoms with E-state index in [2.05, 4.69) is 10.6 Å². The number of nitrogens with one attached hydrogen (secondary N) is 2. The van der Waals surface area contributed by atoms with Gasteiger partial charge in [0.05, 0.1) is 20.8 Å². The van der Waals surface area contributed by atoms with E-state index in [0.717, 1.165) is 5.56 Å². The van der Waals surface area contributed by atoms with E-state index >= 15 is 0 Å². The minimum Gasteiger partial charge on any atom is -0.497 e. The van der Waals surface area contributed by atoms with Crippen LogP contribution in [0.1, 0.15) is 25.8 Å². The number of carbonyl (C=O) groups excluding carboxylic acids is 2. The predicted molar refractivity (Wildman–Crippen MR) is 84.2 cm³/mol. The van der Waals surface area contributed by atoms with Gasteiger partial charge in [0.1, 0.15) is 11.5 Å². The Labute approximate surface area is 131 Å². The molecule has 0 radical (unpaired) electrons. The standard InChI is InChI=1S/C16H24N2O4/c1-11(2)18-16(20)10-17-15(19)8-5-12-9-13(21-3)6-7-14(12)22-4/h6-7,9,11H,5,8,10H2,1-4H3,(H,17,19)(H,18,20). The molecule has 6 heteroatoms. The van der Waals surface area contributed by atoms with E-state index in [1.165, 1.54) is 0 Å². The molecule has 122 valence electrons. The highest BCUT2D eigenvalue weighted by Crippen LogP contribution is 2.24. The first-order valence-corrected chi connectivity index (χ1v) is 7.23. The third kappa shape index (κ3) is 6.03. The summed E-state index contributed by atoms with van der Waals surface area (Å²) in [6.45, 7) is 3.73. The Morgan fingerprint density at radius 3 is 2.45 bits per heavy atom. The lowest BCUT2D eigenvalue weighted by molar-refractivity contribution is -0.126. The molecule has 2 N–H and O–H groups in total. The lowest BCUT2D eigenvalue weighted by Crippen LogP contribution is -2.39. The summed E-state index contributed by atoms with van der Waals surface area (Å²) in [4.78, 5) is 23.3. The van der Waals surface area contributed by atoms with Crippen molar-refractivity contribution in [2.24, 2.45) is 0 Å². The summed E-state index contributed by atoms with van der Waals surface area (Å²) in [5.41, 5.74) is 0.892. The molecule has 22 heavy (non-hydrogen) atoms. The third-order valence-electron chi connectivity index (χ3n) is 3.00. The highest BCUT2D eigenvalue weighted by molar-refractivity contribution is 5.84. The van der Waals surface area contributed by atoms with Crippen LogP contribution in [0.2, 0.25) is 0 Å². The van der Waals surface area contributed by atoms with E-state index in [1.54, 1.807) is 20.3 Å². The third-order valence-corrected chi connectivity index (χ3v) is 3.00. The molecule has 0 unspecified atom stereocenters. The highest BCUT2D eigenvalue weighted by atomic mass is 16.5. The zero-order valence-electron chi connectivity index (χ0n) is 13.6. The van der Waals surface area contributed by atoms with Crippen LogP contribution in [0, 0.1) is 0 Å². The molecule has 0 aliphatic heterocycles. The Hall–Kier alpha value is -2.24. The van der Waals surface area contributed by atoms with Gasteiger partial charge in [-0.25, -0.2) is 0 Å². The van der Waals surface area contributed by atoms with Crippen LogP contribution in [0.25, 0.3) is 0 Å². The van der Waals surface area contributed by atoms with Crippen molar-refractivity contribution in [2.45, 2.75) is 32.7 Å². The molecule has 0 fully saturated rings. The summed E-state index contributed by atoms with van der Waals surface area (Å²) < 4.78 is 10.4. The molecular weight excluding hydrogens is 284 g/mol. The van der Waals surface area contributed by atoms with Crippen molar-refractivity contribution in [1.29, 1.82) is 0 Å². The van der Waals surface area contributed by atoms with Gasteiger partial charge >= 0.3 is 0 Å². The first-order chi connectivity index (χ1) is 10.5. The topological polar surface area (TPSA) is 76.7 Å². The molecule has 0 saturated heterocycles. The maximum absolute atomic E-state index is 11.8. The van der Waals surface area contributed by atoms with E-state index < -0.39 is 0 Å². The van der Waals surface area contributed by atoms with Crippen LogP contribution in [-0.2, 0) is 16.0 Å². The molecule has 6 nitrogen and oxygen atoms in total. The van der Waals surface area contributed by atoms with Gasteiger partial charge in [0, 0.05) is 12.5 Å². The van der Waals surface area contributed by atoms with Gasteiger partial charge in [0.2, 0.25) is 11.8 Å². The van der Waals surface area contributed by atoms with Crippen LogP contribution in [-0.4, -0.2) is 38.6 Å². The van der Waals surface area contributed by atoms with Gasteiger partial charge in [0.25, 0.3) is 0 Å². The second-order valence-corrected chi connectivity index (χ2v) is 5.18. The normalized spacial score (nSPS) is 10.2. The average Bonchev–Trinajstić information content (AvgIpc) is 2.49. The Kier molecular flexibility index (Phi) is 7.22. The van der Waals surface area contributed by atoms with Gasteiger partial charge in [-0.2, -0.15) is 0 Å². The van der Waals surface area contributed by atoms with E-state index in [9.17, 15) is 9.59 Å². The molecule has 0 saturated carbocycles. The largest absolute Gasteiger partial charge is 0.497 e. The zero-order valence-corrected chi connectivity index (χ0v) is 13.6. The highest BCUT2D eigenvalue weighted by Gasteiger charge is 2.10. The maximum Gasteiger partial charge on any atom is 0.239 e. The second-order valence-electron chi connectivity index (χ2n) is 5.18. The molecule has 2 amide bonds. The summed E-state index contributed by atoms with van der Waals surface area (Å²) in [6, 6.07) is 5.52. The lowest BCUT2D eigenvalue weighted by Gasteiger charge is -2.11. The van der Waals surface area contributed by atoms with Crippen molar-refractivity contribution in [3.8, 4) is 11.5 Å². The summed E-state index contributed by atoms with van der Waals surface area (Å²) in [5.74, 6) is 1.06. The van der Waals surface area contributed by atoms with Gasteiger partial charge in [-0.3, -0.25) is 9.59 Å². The van der Waals surface area contributed by atoms with Gasteiger partial charge in [0.15, 0.2) is 0 Å². The van der Waals surface area contributed by atoms with Crippen molar-refractivity contribution < 1.29 is 19.1 Å². The number of hydrogen-bond donors (Lipinski definition) is 2. The summed E-state index contributed by atoms with van der Waals surface area (Å²) in [6.07, 6.45) is 0.788. The van der Waals surface area contributed by atoms with Crippen molar-refractivity contribution in [3.63, 3.8) is 0 Å². The number of aryl methyl sites for hydroxylation is 1. The lowest BCUT2D eigenvalue weighted by atomic mass is 10.1. The summed E-state index contributed by atoms with van der Waals surface area (Å²) in [5, 5.41) is 5.32. The Morgan fingerprint density at radius 2 is 1.86 bits per heavy atom. The van der Waals surface area contributed by atoms with Crippen molar-refractivity contribution in [3.05, 3.63) is 23.8 Å². The van der Waals surface area contributed by atoms with E-state index in [1.807, 2.05) is 26.0 Å². The van der Waals surface area contributed by atoms with E-state index in [-0.39, 0.29) is 30.8 Å². The first kappa shape index (κ1) is 17.8. The zero-order chi connectivity index (χ0) is 16.5. The number of carbonyl (C=O) groups is 2. The van der Waals surface area contributed by atoms with Crippen molar-refractivity contribution in [2.75, 3.05) is 20.8 Å². The Morgan fingerprint density at radius 1 is 1.14 bits per heavy atom. The molecule has 1 rings (SSSR count). The molecule has 0 bridgehead atoms. The number of methoxy groups -OCH3 is 2. The van der Waals surface area contributed by atoms with Crippen LogP contribution >= 0.6 is 0 Å². The molecule has 1 aromatic carbocycles. The molecule has 0 aliphatic carbocycles. The smallest absolute Gasteiger partial charge is 0.239 e. The maximum atomic E-state index is 11.8. The minimum atomic E-state index is -0.192. The summed E-state index contributed by atoms with van der Waals surface area (Å²) >= 11 is 0. The van der Waals surface area contributed by atoms with Gasteiger partial charge in [-0.05, 0) is 44.0 Å². The number of rotatable bonds is 8. The number of amides is 2. The Bertz CT molecular complexity index is 515. The molecule has 0 aliphatic rings. The molecule has 1 aromatic rings. The first-order valence-electron chi connectivity index (χ1n) is 7.23.